The minimum atomic E-state index is 0.128. The monoisotopic (exact) mass is 274 g/mol. The molecule has 84 valence electrons. The van der Waals surface area contributed by atoms with E-state index in [0.29, 0.717) is 12.2 Å². The zero-order valence-corrected chi connectivity index (χ0v) is 10.7. The van der Waals surface area contributed by atoms with Crippen molar-refractivity contribution < 1.29 is 14.6 Å². The van der Waals surface area contributed by atoms with Crippen LogP contribution in [0.4, 0.5) is 0 Å². The predicted molar refractivity (Wildman–Crippen MR) is 62.8 cm³/mol. The second kappa shape index (κ2) is 5.37. The molecule has 0 spiro atoms. The number of hydrogen-bond acceptors (Lipinski definition) is 3. The van der Waals surface area contributed by atoms with E-state index in [2.05, 4.69) is 15.9 Å². The zero-order chi connectivity index (χ0) is 11.4. The van der Waals surface area contributed by atoms with E-state index in [9.17, 15) is 0 Å². The molecule has 0 aliphatic heterocycles. The lowest BCUT2D eigenvalue weighted by Crippen LogP contribution is -2.00. The lowest BCUT2D eigenvalue weighted by atomic mass is 10.0. The lowest BCUT2D eigenvalue weighted by Gasteiger charge is -2.15. The molecule has 0 heterocycles. The molecule has 0 atom stereocenters. The molecule has 0 saturated carbocycles. The summed E-state index contributed by atoms with van der Waals surface area (Å²) < 4.78 is 11.4. The van der Waals surface area contributed by atoms with Crippen molar-refractivity contribution in [1.29, 1.82) is 0 Å². The van der Waals surface area contributed by atoms with E-state index in [0.717, 1.165) is 21.3 Å². The maximum Gasteiger partial charge on any atom is 0.175 e. The summed E-state index contributed by atoms with van der Waals surface area (Å²) in [6, 6.07) is 1.95. The maximum atomic E-state index is 8.94. The van der Waals surface area contributed by atoms with Gasteiger partial charge in [-0.1, -0.05) is 0 Å². The van der Waals surface area contributed by atoms with Crippen molar-refractivity contribution in [3.05, 3.63) is 21.7 Å². The second-order valence-electron chi connectivity index (χ2n) is 3.18. The van der Waals surface area contributed by atoms with Crippen LogP contribution in [0, 0.1) is 6.92 Å². The van der Waals surface area contributed by atoms with Crippen LogP contribution < -0.4 is 9.47 Å². The second-order valence-corrected chi connectivity index (χ2v) is 4.04. The van der Waals surface area contributed by atoms with Gasteiger partial charge in [-0.2, -0.15) is 0 Å². The highest BCUT2D eigenvalue weighted by Crippen LogP contribution is 2.39. The molecular weight excluding hydrogens is 260 g/mol. The van der Waals surface area contributed by atoms with Crippen molar-refractivity contribution >= 4 is 15.9 Å². The van der Waals surface area contributed by atoms with Gasteiger partial charge in [0, 0.05) is 6.61 Å². The van der Waals surface area contributed by atoms with Crippen molar-refractivity contribution in [3.8, 4) is 11.5 Å². The molecule has 0 aromatic heterocycles. The van der Waals surface area contributed by atoms with Crippen LogP contribution in [0.1, 0.15) is 11.1 Å². The Morgan fingerprint density at radius 1 is 1.27 bits per heavy atom. The number of aliphatic hydroxyl groups is 1. The Balaban J connectivity index is 3.30. The third-order valence-corrected chi connectivity index (χ3v) is 2.92. The first-order valence-electron chi connectivity index (χ1n) is 4.66. The van der Waals surface area contributed by atoms with E-state index in [1.165, 1.54) is 0 Å². The summed E-state index contributed by atoms with van der Waals surface area (Å²) in [5.74, 6) is 1.41. The molecule has 0 amide bonds. The third-order valence-electron chi connectivity index (χ3n) is 2.34. The molecule has 3 nitrogen and oxygen atoms in total. The van der Waals surface area contributed by atoms with Gasteiger partial charge < -0.3 is 14.6 Å². The van der Waals surface area contributed by atoms with Gasteiger partial charge in [0.1, 0.15) is 0 Å². The van der Waals surface area contributed by atoms with Crippen LogP contribution in [0.25, 0.3) is 0 Å². The predicted octanol–water partition coefficient (Wildman–Crippen LogP) is 2.31. The molecule has 1 aromatic rings. The van der Waals surface area contributed by atoms with Crippen LogP contribution in [-0.4, -0.2) is 25.9 Å². The quantitative estimate of drug-likeness (QED) is 0.916. The van der Waals surface area contributed by atoms with Gasteiger partial charge in [-0.25, -0.2) is 0 Å². The summed E-state index contributed by atoms with van der Waals surface area (Å²) in [6.07, 6.45) is 0.616. The normalized spacial score (nSPS) is 10.2. The number of halogens is 1. The molecule has 1 N–H and O–H groups in total. The average molecular weight is 275 g/mol. The van der Waals surface area contributed by atoms with Crippen molar-refractivity contribution in [2.75, 3.05) is 20.8 Å². The van der Waals surface area contributed by atoms with Gasteiger partial charge >= 0.3 is 0 Å². The molecule has 1 rings (SSSR count). The van der Waals surface area contributed by atoms with Gasteiger partial charge in [0.15, 0.2) is 11.5 Å². The summed E-state index contributed by atoms with van der Waals surface area (Å²) in [4.78, 5) is 0. The fourth-order valence-corrected chi connectivity index (χ4v) is 2.19. The SMILES string of the molecule is COc1c(Br)cc(CCO)c(C)c1OC. The van der Waals surface area contributed by atoms with Crippen molar-refractivity contribution in [1.82, 2.24) is 0 Å². The molecule has 4 heteroatoms. The largest absolute Gasteiger partial charge is 0.493 e. The van der Waals surface area contributed by atoms with Gasteiger partial charge in [-0.3, -0.25) is 0 Å². The Morgan fingerprint density at radius 2 is 1.87 bits per heavy atom. The Hall–Kier alpha value is -0.740. The van der Waals surface area contributed by atoms with Crippen LogP contribution in [0.2, 0.25) is 0 Å². The number of ether oxygens (including phenoxy) is 2. The van der Waals surface area contributed by atoms with Gasteiger partial charge in [-0.05, 0) is 46.5 Å². The van der Waals surface area contributed by atoms with Crippen LogP contribution in [0.15, 0.2) is 10.5 Å². The topological polar surface area (TPSA) is 38.7 Å². The van der Waals surface area contributed by atoms with Crippen LogP contribution >= 0.6 is 15.9 Å². The molecule has 0 fully saturated rings. The lowest BCUT2D eigenvalue weighted by molar-refractivity contribution is 0.298. The van der Waals surface area contributed by atoms with Crippen LogP contribution in [0.3, 0.4) is 0 Å². The van der Waals surface area contributed by atoms with Crippen molar-refractivity contribution in [2.45, 2.75) is 13.3 Å². The smallest absolute Gasteiger partial charge is 0.175 e. The van der Waals surface area contributed by atoms with E-state index in [-0.39, 0.29) is 6.61 Å². The molecule has 0 unspecified atom stereocenters. The Morgan fingerprint density at radius 3 is 2.33 bits per heavy atom. The molecule has 0 saturated heterocycles. The minimum Gasteiger partial charge on any atom is -0.493 e. The van der Waals surface area contributed by atoms with E-state index in [1.807, 2.05) is 13.0 Å². The Bertz CT molecular complexity index is 350. The molecule has 0 radical (unpaired) electrons. The fourth-order valence-electron chi connectivity index (χ4n) is 1.57. The number of rotatable bonds is 4. The third kappa shape index (κ3) is 2.44. The summed E-state index contributed by atoms with van der Waals surface area (Å²) >= 11 is 3.42. The van der Waals surface area contributed by atoms with Crippen LogP contribution in [-0.2, 0) is 6.42 Å². The van der Waals surface area contributed by atoms with Gasteiger partial charge in [-0.15, -0.1) is 0 Å². The molecule has 15 heavy (non-hydrogen) atoms. The van der Waals surface area contributed by atoms with Crippen LogP contribution in [0.5, 0.6) is 11.5 Å². The summed E-state index contributed by atoms with van der Waals surface area (Å²) in [5, 5.41) is 8.94. The summed E-state index contributed by atoms with van der Waals surface area (Å²) in [6.45, 7) is 2.08. The van der Waals surface area contributed by atoms with Crippen molar-refractivity contribution in [3.63, 3.8) is 0 Å². The van der Waals surface area contributed by atoms with Gasteiger partial charge in [0.05, 0.1) is 18.7 Å². The molecule has 1 aromatic carbocycles. The first kappa shape index (κ1) is 12.3. The van der Waals surface area contributed by atoms with Gasteiger partial charge in [0.25, 0.3) is 0 Å². The van der Waals surface area contributed by atoms with Gasteiger partial charge in [0.2, 0.25) is 0 Å². The molecular formula is C11H15BrO3. The van der Waals surface area contributed by atoms with E-state index < -0.39 is 0 Å². The fraction of sp³-hybridized carbons (Fsp3) is 0.455. The van der Waals surface area contributed by atoms with Crippen molar-refractivity contribution in [2.24, 2.45) is 0 Å². The van der Waals surface area contributed by atoms with E-state index in [4.69, 9.17) is 14.6 Å². The maximum absolute atomic E-state index is 8.94. The highest BCUT2D eigenvalue weighted by Gasteiger charge is 2.14. The first-order valence-corrected chi connectivity index (χ1v) is 5.45. The average Bonchev–Trinajstić information content (AvgIpc) is 2.22. The first-order chi connectivity index (χ1) is 7.15. The Kier molecular flexibility index (Phi) is 4.42. The summed E-state index contributed by atoms with van der Waals surface area (Å²) in [7, 11) is 3.22. The molecule has 0 bridgehead atoms. The minimum absolute atomic E-state index is 0.128. The van der Waals surface area contributed by atoms with E-state index >= 15 is 0 Å². The standard InChI is InChI=1S/C11H15BrO3/c1-7-8(4-5-13)6-9(12)11(15-3)10(7)14-2/h6,13H,4-5H2,1-3H3. The highest BCUT2D eigenvalue weighted by atomic mass is 79.9. The molecule has 0 aliphatic carbocycles. The number of methoxy groups -OCH3 is 2. The zero-order valence-electron chi connectivity index (χ0n) is 9.13. The number of aliphatic hydroxyl groups excluding tert-OH is 1. The van der Waals surface area contributed by atoms with E-state index in [1.54, 1.807) is 14.2 Å². The Labute approximate surface area is 98.1 Å². The summed E-state index contributed by atoms with van der Waals surface area (Å²) in [5.41, 5.74) is 2.06. The number of hydrogen-bond donors (Lipinski definition) is 1. The highest BCUT2D eigenvalue weighted by molar-refractivity contribution is 9.10. The molecule has 0 aliphatic rings. The number of benzene rings is 1.